The Hall–Kier alpha value is -2.36. The average Bonchev–Trinajstić information content (AvgIpc) is 3.14. The Morgan fingerprint density at radius 3 is 2.88 bits per heavy atom. The fourth-order valence-corrected chi connectivity index (χ4v) is 3.70. The van der Waals surface area contributed by atoms with Crippen LogP contribution < -0.4 is 10.0 Å². The van der Waals surface area contributed by atoms with Gasteiger partial charge in [-0.3, -0.25) is 9.78 Å². The average molecular weight is 379 g/mol. The molecule has 1 aromatic carbocycles. The van der Waals surface area contributed by atoms with Crippen molar-refractivity contribution in [2.45, 2.75) is 11.3 Å². The van der Waals surface area contributed by atoms with Crippen molar-refractivity contribution in [3.05, 3.63) is 54.1 Å². The summed E-state index contributed by atoms with van der Waals surface area (Å²) in [5.74, 6) is -0.991. The number of nitrogens with zero attached hydrogens (tertiary/aromatic N) is 1. The van der Waals surface area contributed by atoms with E-state index in [0.717, 1.165) is 18.7 Å². The summed E-state index contributed by atoms with van der Waals surface area (Å²) in [6, 6.07) is 6.76. The molecule has 0 radical (unpaired) electrons. The number of amides is 1. The number of nitrogens with one attached hydrogen (secondary N) is 2. The van der Waals surface area contributed by atoms with Crippen LogP contribution in [0.5, 0.6) is 0 Å². The van der Waals surface area contributed by atoms with E-state index in [0.29, 0.717) is 13.2 Å². The maximum Gasteiger partial charge on any atom is 0.255 e. The molecule has 0 spiro atoms. The third kappa shape index (κ3) is 4.63. The number of benzene rings is 1. The van der Waals surface area contributed by atoms with Crippen LogP contribution in [0, 0.1) is 11.7 Å². The first-order chi connectivity index (χ1) is 12.4. The first-order valence-corrected chi connectivity index (χ1v) is 9.52. The van der Waals surface area contributed by atoms with Crippen LogP contribution in [0.4, 0.5) is 10.1 Å². The number of rotatable bonds is 6. The predicted octanol–water partition coefficient (Wildman–Crippen LogP) is 1.79. The first kappa shape index (κ1) is 18.4. The molecule has 3 rings (SSSR count). The highest BCUT2D eigenvalue weighted by atomic mass is 32.2. The molecule has 7 nitrogen and oxygen atoms in total. The Bertz CT molecular complexity index is 898. The fourth-order valence-electron chi connectivity index (χ4n) is 2.54. The molecule has 0 bridgehead atoms. The van der Waals surface area contributed by atoms with Crippen molar-refractivity contribution in [2.75, 3.05) is 25.1 Å². The Morgan fingerprint density at radius 1 is 1.31 bits per heavy atom. The molecule has 26 heavy (non-hydrogen) atoms. The van der Waals surface area contributed by atoms with E-state index in [1.54, 1.807) is 0 Å². The summed E-state index contributed by atoms with van der Waals surface area (Å²) in [5, 5.41) is 2.48. The number of anilines is 1. The lowest BCUT2D eigenvalue weighted by Crippen LogP contribution is -2.29. The molecule has 1 saturated heterocycles. The molecule has 0 saturated carbocycles. The number of aromatic nitrogens is 1. The molecular weight excluding hydrogens is 361 g/mol. The summed E-state index contributed by atoms with van der Waals surface area (Å²) in [4.78, 5) is 15.9. The molecule has 1 aliphatic heterocycles. The van der Waals surface area contributed by atoms with E-state index >= 15 is 0 Å². The van der Waals surface area contributed by atoms with Gasteiger partial charge in [0.15, 0.2) is 0 Å². The number of hydrogen-bond donors (Lipinski definition) is 2. The number of carbonyl (C=O) groups excluding carboxylic acids is 1. The van der Waals surface area contributed by atoms with Gasteiger partial charge >= 0.3 is 0 Å². The Balaban J connectivity index is 1.71. The SMILES string of the molecule is O=C(Nc1cncc(F)c1)c1cccc(S(=O)(=O)NC[C@H]2CCOC2)c1. The number of sulfonamides is 1. The van der Waals surface area contributed by atoms with E-state index in [-0.39, 0.29) is 28.6 Å². The number of carbonyl (C=O) groups is 1. The van der Waals surface area contributed by atoms with E-state index in [2.05, 4.69) is 15.0 Å². The maximum absolute atomic E-state index is 13.1. The standard InChI is InChI=1S/C17H18FN3O4S/c18-14-7-15(10-19-9-14)21-17(22)13-2-1-3-16(6-13)26(23,24)20-8-12-4-5-25-11-12/h1-3,6-7,9-10,12,20H,4-5,8,11H2,(H,21,22)/t12-/m1/s1. The predicted molar refractivity (Wildman–Crippen MR) is 92.7 cm³/mol. The maximum atomic E-state index is 13.1. The first-order valence-electron chi connectivity index (χ1n) is 8.03. The zero-order valence-corrected chi connectivity index (χ0v) is 14.6. The monoisotopic (exact) mass is 379 g/mol. The second kappa shape index (κ2) is 7.90. The molecule has 2 N–H and O–H groups in total. The second-order valence-electron chi connectivity index (χ2n) is 5.96. The van der Waals surface area contributed by atoms with E-state index in [4.69, 9.17) is 4.74 Å². The van der Waals surface area contributed by atoms with E-state index in [9.17, 15) is 17.6 Å². The minimum absolute atomic E-state index is 0.0126. The molecule has 2 heterocycles. The molecule has 1 amide bonds. The van der Waals surface area contributed by atoms with Crippen molar-refractivity contribution >= 4 is 21.6 Å². The van der Waals surface area contributed by atoms with Gasteiger partial charge in [-0.2, -0.15) is 0 Å². The summed E-state index contributed by atoms with van der Waals surface area (Å²) >= 11 is 0. The molecule has 1 fully saturated rings. The molecule has 2 aromatic rings. The number of ether oxygens (including phenoxy) is 1. The van der Waals surface area contributed by atoms with Gasteiger partial charge in [-0.05, 0) is 30.5 Å². The van der Waals surface area contributed by atoms with Gasteiger partial charge in [0.25, 0.3) is 5.91 Å². The minimum Gasteiger partial charge on any atom is -0.381 e. The van der Waals surface area contributed by atoms with Crippen LogP contribution in [0.1, 0.15) is 16.8 Å². The second-order valence-corrected chi connectivity index (χ2v) is 7.72. The molecule has 1 aliphatic rings. The Morgan fingerprint density at radius 2 is 2.15 bits per heavy atom. The molecule has 1 aromatic heterocycles. The molecule has 1 atom stereocenters. The van der Waals surface area contributed by atoms with Crippen molar-refractivity contribution in [1.29, 1.82) is 0 Å². The molecular formula is C17H18FN3O4S. The number of halogens is 1. The highest BCUT2D eigenvalue weighted by Crippen LogP contribution is 2.16. The summed E-state index contributed by atoms with van der Waals surface area (Å²) in [5.41, 5.74) is 0.323. The van der Waals surface area contributed by atoms with Crippen molar-refractivity contribution < 1.29 is 22.3 Å². The highest BCUT2D eigenvalue weighted by Gasteiger charge is 2.21. The zero-order chi connectivity index (χ0) is 18.6. The van der Waals surface area contributed by atoms with Gasteiger partial charge in [-0.25, -0.2) is 17.5 Å². The topological polar surface area (TPSA) is 97.4 Å². The molecule has 138 valence electrons. The van der Waals surface area contributed by atoms with Crippen LogP contribution in [-0.2, 0) is 14.8 Å². The Kier molecular flexibility index (Phi) is 5.60. The van der Waals surface area contributed by atoms with Crippen LogP contribution in [0.2, 0.25) is 0 Å². The van der Waals surface area contributed by atoms with Gasteiger partial charge in [-0.15, -0.1) is 0 Å². The van der Waals surface area contributed by atoms with E-state index < -0.39 is 21.7 Å². The minimum atomic E-state index is -3.74. The lowest BCUT2D eigenvalue weighted by molar-refractivity contribution is 0.102. The highest BCUT2D eigenvalue weighted by molar-refractivity contribution is 7.89. The summed E-state index contributed by atoms with van der Waals surface area (Å²) in [7, 11) is -3.74. The smallest absolute Gasteiger partial charge is 0.255 e. The van der Waals surface area contributed by atoms with Gasteiger partial charge in [0.2, 0.25) is 10.0 Å². The van der Waals surface area contributed by atoms with Crippen LogP contribution in [0.25, 0.3) is 0 Å². The molecule has 0 aliphatic carbocycles. The van der Waals surface area contributed by atoms with Crippen LogP contribution in [0.3, 0.4) is 0 Å². The van der Waals surface area contributed by atoms with E-state index in [1.165, 1.54) is 30.5 Å². The third-order valence-electron chi connectivity index (χ3n) is 3.96. The lowest BCUT2D eigenvalue weighted by Gasteiger charge is -2.11. The quantitative estimate of drug-likeness (QED) is 0.798. The normalized spacial score (nSPS) is 17.2. The third-order valence-corrected chi connectivity index (χ3v) is 5.38. The van der Waals surface area contributed by atoms with Gasteiger partial charge in [-0.1, -0.05) is 6.07 Å². The van der Waals surface area contributed by atoms with Gasteiger partial charge in [0.05, 0.1) is 29.6 Å². The number of hydrogen-bond acceptors (Lipinski definition) is 5. The van der Waals surface area contributed by atoms with Crippen molar-refractivity contribution in [3.8, 4) is 0 Å². The van der Waals surface area contributed by atoms with Crippen LogP contribution in [-0.4, -0.2) is 39.1 Å². The van der Waals surface area contributed by atoms with Crippen molar-refractivity contribution in [1.82, 2.24) is 9.71 Å². The van der Waals surface area contributed by atoms with E-state index in [1.807, 2.05) is 0 Å². The van der Waals surface area contributed by atoms with Gasteiger partial charge < -0.3 is 10.1 Å². The molecule has 9 heteroatoms. The lowest BCUT2D eigenvalue weighted by atomic mass is 10.1. The molecule has 0 unspecified atom stereocenters. The van der Waals surface area contributed by atoms with Crippen molar-refractivity contribution in [3.63, 3.8) is 0 Å². The number of pyridine rings is 1. The Labute approximate surface area is 150 Å². The zero-order valence-electron chi connectivity index (χ0n) is 13.8. The summed E-state index contributed by atoms with van der Waals surface area (Å²) in [6.45, 7) is 1.46. The van der Waals surface area contributed by atoms with Crippen LogP contribution in [0.15, 0.2) is 47.6 Å². The van der Waals surface area contributed by atoms with Crippen molar-refractivity contribution in [2.24, 2.45) is 5.92 Å². The fraction of sp³-hybridized carbons (Fsp3) is 0.294. The largest absolute Gasteiger partial charge is 0.381 e. The van der Waals surface area contributed by atoms with Gasteiger partial charge in [0, 0.05) is 24.8 Å². The van der Waals surface area contributed by atoms with Crippen LogP contribution >= 0.6 is 0 Å². The van der Waals surface area contributed by atoms with Gasteiger partial charge in [0.1, 0.15) is 5.82 Å². The summed E-state index contributed by atoms with van der Waals surface area (Å²) < 4.78 is 45.8. The summed E-state index contributed by atoms with van der Waals surface area (Å²) in [6.07, 6.45) is 3.13.